The fourth-order valence-corrected chi connectivity index (χ4v) is 2.49. The van der Waals surface area contributed by atoms with Crippen molar-refractivity contribution in [1.82, 2.24) is 0 Å². The van der Waals surface area contributed by atoms with Crippen LogP contribution in [-0.2, 0) is 25.5 Å². The van der Waals surface area contributed by atoms with E-state index < -0.39 is 28.4 Å². The Bertz CT molecular complexity index is 704. The normalized spacial score (nSPS) is 17.2. The number of rotatable bonds is 7. The zero-order valence-electron chi connectivity index (χ0n) is 13.2. The molecule has 1 aromatic rings. The fraction of sp³-hybridized carbons (Fsp3) is 0.353. The van der Waals surface area contributed by atoms with Crippen LogP contribution in [-0.4, -0.2) is 22.5 Å². The van der Waals surface area contributed by atoms with E-state index in [1.54, 1.807) is 12.1 Å². The Morgan fingerprint density at radius 3 is 2.46 bits per heavy atom. The van der Waals surface area contributed by atoms with Crippen LogP contribution in [0.4, 0.5) is 5.69 Å². The number of nitro benzene ring substituents is 1. The van der Waals surface area contributed by atoms with Crippen LogP contribution >= 0.6 is 0 Å². The highest BCUT2D eigenvalue weighted by Gasteiger charge is 2.36. The van der Waals surface area contributed by atoms with E-state index in [0.29, 0.717) is 19.3 Å². The summed E-state index contributed by atoms with van der Waals surface area (Å²) in [5.41, 5.74) is 0.964. The lowest BCUT2D eigenvalue weighted by atomic mass is 9.93. The standard InChI is InChI=1S/C17H17NO6/c1-11-10-15(20)16(17(21)24-11)14(19)5-3-2-4-12-6-8-13(9-7-12)18(22)23/h6-10,16H,2-5H2,1H3. The van der Waals surface area contributed by atoms with E-state index in [2.05, 4.69) is 0 Å². The number of nitrogens with zero attached hydrogens (tertiary/aromatic N) is 1. The van der Waals surface area contributed by atoms with Crippen molar-refractivity contribution in [3.63, 3.8) is 0 Å². The maximum absolute atomic E-state index is 12.0. The van der Waals surface area contributed by atoms with Crippen LogP contribution in [0.5, 0.6) is 0 Å². The number of hydrogen-bond acceptors (Lipinski definition) is 6. The number of allylic oxidation sites excluding steroid dienone is 2. The minimum absolute atomic E-state index is 0.0339. The van der Waals surface area contributed by atoms with E-state index in [1.807, 2.05) is 0 Å². The average molecular weight is 331 g/mol. The van der Waals surface area contributed by atoms with Gasteiger partial charge in [-0.2, -0.15) is 0 Å². The molecule has 0 N–H and O–H groups in total. The lowest BCUT2D eigenvalue weighted by molar-refractivity contribution is -0.384. The van der Waals surface area contributed by atoms with E-state index in [4.69, 9.17) is 4.74 Å². The van der Waals surface area contributed by atoms with E-state index >= 15 is 0 Å². The quantitative estimate of drug-likeness (QED) is 0.250. The van der Waals surface area contributed by atoms with Crippen LogP contribution in [0.25, 0.3) is 0 Å². The predicted molar refractivity (Wildman–Crippen MR) is 84.0 cm³/mol. The van der Waals surface area contributed by atoms with Crippen LogP contribution in [0.2, 0.25) is 0 Å². The maximum atomic E-state index is 12.0. The SMILES string of the molecule is CC1=CC(=O)C(C(=O)CCCCc2ccc([N+](=O)[O-])cc2)C(=O)O1. The van der Waals surface area contributed by atoms with Crippen LogP contribution in [0, 0.1) is 16.0 Å². The van der Waals surface area contributed by atoms with Gasteiger partial charge in [-0.25, -0.2) is 0 Å². The molecule has 0 radical (unpaired) electrons. The molecule has 1 aliphatic heterocycles. The van der Waals surface area contributed by atoms with Crippen LogP contribution in [0.3, 0.4) is 0 Å². The molecule has 0 fully saturated rings. The number of cyclic esters (lactones) is 1. The summed E-state index contributed by atoms with van der Waals surface area (Å²) in [6, 6.07) is 6.23. The van der Waals surface area contributed by atoms with Gasteiger partial charge in [0.05, 0.1) is 4.92 Å². The number of aryl methyl sites for hydroxylation is 1. The van der Waals surface area contributed by atoms with Crippen molar-refractivity contribution < 1.29 is 24.0 Å². The predicted octanol–water partition coefficient (Wildman–Crippen LogP) is 2.52. The minimum atomic E-state index is -1.34. The van der Waals surface area contributed by atoms with E-state index in [0.717, 1.165) is 5.56 Å². The van der Waals surface area contributed by atoms with Crippen molar-refractivity contribution in [2.45, 2.75) is 32.6 Å². The summed E-state index contributed by atoms with van der Waals surface area (Å²) < 4.78 is 4.82. The van der Waals surface area contributed by atoms with Gasteiger partial charge < -0.3 is 4.74 Å². The summed E-state index contributed by atoms with van der Waals surface area (Å²) in [7, 11) is 0. The fourth-order valence-electron chi connectivity index (χ4n) is 2.49. The largest absolute Gasteiger partial charge is 0.430 e. The molecule has 7 nitrogen and oxygen atoms in total. The molecule has 0 saturated carbocycles. The number of hydrogen-bond donors (Lipinski definition) is 0. The number of benzene rings is 1. The highest BCUT2D eigenvalue weighted by atomic mass is 16.6. The molecule has 7 heteroatoms. The van der Waals surface area contributed by atoms with Gasteiger partial charge in [-0.15, -0.1) is 0 Å². The van der Waals surface area contributed by atoms with Crippen molar-refractivity contribution >= 4 is 23.2 Å². The first kappa shape index (κ1) is 17.5. The molecule has 126 valence electrons. The molecule has 1 aliphatic rings. The molecule has 1 aromatic carbocycles. The van der Waals surface area contributed by atoms with Gasteiger partial charge in [0.15, 0.2) is 17.5 Å². The van der Waals surface area contributed by atoms with Gasteiger partial charge in [0.1, 0.15) is 5.76 Å². The number of ketones is 2. The highest BCUT2D eigenvalue weighted by molar-refractivity contribution is 6.21. The number of nitro groups is 1. The Hall–Kier alpha value is -2.83. The van der Waals surface area contributed by atoms with Gasteiger partial charge in [0.2, 0.25) is 0 Å². The monoisotopic (exact) mass is 331 g/mol. The third-order valence-electron chi connectivity index (χ3n) is 3.74. The minimum Gasteiger partial charge on any atom is -0.430 e. The van der Waals surface area contributed by atoms with E-state index in [-0.39, 0.29) is 17.9 Å². The van der Waals surface area contributed by atoms with Crippen LogP contribution in [0.1, 0.15) is 31.7 Å². The van der Waals surface area contributed by atoms with Gasteiger partial charge in [0.25, 0.3) is 5.69 Å². The summed E-state index contributed by atoms with van der Waals surface area (Å²) in [5.74, 6) is -2.90. The molecule has 1 unspecified atom stereocenters. The first-order valence-corrected chi connectivity index (χ1v) is 7.58. The third-order valence-corrected chi connectivity index (χ3v) is 3.74. The number of Topliss-reactive ketones (excluding diaryl/α,β-unsaturated/α-hetero) is 1. The number of unbranched alkanes of at least 4 members (excludes halogenated alkanes) is 1. The summed E-state index contributed by atoms with van der Waals surface area (Å²) in [6.45, 7) is 1.49. The van der Waals surface area contributed by atoms with Gasteiger partial charge in [-0.1, -0.05) is 12.1 Å². The van der Waals surface area contributed by atoms with Crippen molar-refractivity contribution in [3.05, 3.63) is 51.8 Å². The molecule has 24 heavy (non-hydrogen) atoms. The molecule has 1 atom stereocenters. The number of carbonyl (C=O) groups is 3. The zero-order chi connectivity index (χ0) is 17.7. The van der Waals surface area contributed by atoms with E-state index in [1.165, 1.54) is 25.1 Å². The Morgan fingerprint density at radius 1 is 1.21 bits per heavy atom. The molecule has 1 heterocycles. The smallest absolute Gasteiger partial charge is 0.329 e. The van der Waals surface area contributed by atoms with Gasteiger partial charge in [-0.05, 0) is 31.7 Å². The van der Waals surface area contributed by atoms with Crippen LogP contribution in [0.15, 0.2) is 36.1 Å². The lowest BCUT2D eigenvalue weighted by Gasteiger charge is -2.17. The Kier molecular flexibility index (Phi) is 5.57. The summed E-state index contributed by atoms with van der Waals surface area (Å²) in [5, 5.41) is 10.6. The number of non-ortho nitro benzene ring substituents is 1. The molecule has 0 amide bonds. The molecule has 0 aromatic heterocycles. The maximum Gasteiger partial charge on any atom is 0.329 e. The Labute approximate surface area is 138 Å². The number of carbonyl (C=O) groups excluding carboxylic acids is 3. The molecular formula is C17H17NO6. The molecule has 0 bridgehead atoms. The molecule has 2 rings (SSSR count). The number of ether oxygens (including phenoxy) is 1. The highest BCUT2D eigenvalue weighted by Crippen LogP contribution is 2.19. The van der Waals surface area contributed by atoms with Gasteiger partial charge in [-0.3, -0.25) is 24.5 Å². The third kappa shape index (κ3) is 4.34. The van der Waals surface area contributed by atoms with Crippen LogP contribution < -0.4 is 0 Å². The molecule has 0 spiro atoms. The van der Waals surface area contributed by atoms with Gasteiger partial charge >= 0.3 is 5.97 Å². The van der Waals surface area contributed by atoms with E-state index in [9.17, 15) is 24.5 Å². The Balaban J connectivity index is 1.79. The first-order chi connectivity index (χ1) is 11.4. The number of esters is 1. The second-order valence-electron chi connectivity index (χ2n) is 5.61. The lowest BCUT2D eigenvalue weighted by Crippen LogP contribution is -2.35. The molecular weight excluding hydrogens is 314 g/mol. The first-order valence-electron chi connectivity index (χ1n) is 7.58. The van der Waals surface area contributed by atoms with Crippen molar-refractivity contribution in [2.75, 3.05) is 0 Å². The van der Waals surface area contributed by atoms with Crippen molar-refractivity contribution in [3.8, 4) is 0 Å². The second kappa shape index (κ2) is 7.63. The van der Waals surface area contributed by atoms with Crippen molar-refractivity contribution in [2.24, 2.45) is 5.92 Å². The van der Waals surface area contributed by atoms with Crippen molar-refractivity contribution in [1.29, 1.82) is 0 Å². The molecule has 0 aliphatic carbocycles. The second-order valence-corrected chi connectivity index (χ2v) is 5.61. The Morgan fingerprint density at radius 2 is 1.88 bits per heavy atom. The summed E-state index contributed by atoms with van der Waals surface area (Å²) in [4.78, 5) is 45.5. The molecule has 0 saturated heterocycles. The topological polar surface area (TPSA) is 104 Å². The average Bonchev–Trinajstić information content (AvgIpc) is 2.51. The summed E-state index contributed by atoms with van der Waals surface area (Å²) >= 11 is 0. The van der Waals surface area contributed by atoms with Gasteiger partial charge in [0, 0.05) is 24.6 Å². The zero-order valence-corrected chi connectivity index (χ0v) is 13.2. The summed E-state index contributed by atoms with van der Waals surface area (Å²) in [6.07, 6.45) is 3.14.